The van der Waals surface area contributed by atoms with Crippen molar-refractivity contribution < 1.29 is 9.59 Å². The first kappa shape index (κ1) is 20.7. The number of carbonyl (C=O) groups is 2. The molecule has 3 amide bonds. The largest absolute Gasteiger partial charge is 0.371 e. The zero-order chi connectivity index (χ0) is 20.9. The highest BCUT2D eigenvalue weighted by Gasteiger charge is 2.25. The molecule has 0 spiro atoms. The van der Waals surface area contributed by atoms with Gasteiger partial charge in [-0.05, 0) is 68.5 Å². The second-order valence-corrected chi connectivity index (χ2v) is 8.78. The molecule has 0 unspecified atom stereocenters. The number of benzene rings is 2. The van der Waals surface area contributed by atoms with Crippen molar-refractivity contribution in [3.63, 3.8) is 0 Å². The number of nitrogens with zero attached hydrogens (tertiary/aromatic N) is 2. The Morgan fingerprint density at radius 2 is 1.47 bits per heavy atom. The second kappa shape index (κ2) is 9.51. The summed E-state index contributed by atoms with van der Waals surface area (Å²) in [6, 6.07) is 12.8. The van der Waals surface area contributed by atoms with Gasteiger partial charge < -0.3 is 20.4 Å². The third-order valence-corrected chi connectivity index (χ3v) is 6.15. The van der Waals surface area contributed by atoms with Crippen LogP contribution in [0.2, 0.25) is 0 Å². The van der Waals surface area contributed by atoms with E-state index in [2.05, 4.69) is 31.5 Å². The number of halogens is 1. The monoisotopic (exact) mass is 470 g/mol. The molecule has 158 valence electrons. The number of amides is 3. The van der Waals surface area contributed by atoms with Crippen LogP contribution in [0.4, 0.5) is 21.9 Å². The van der Waals surface area contributed by atoms with Gasteiger partial charge in [0.25, 0.3) is 5.91 Å². The van der Waals surface area contributed by atoms with Crippen LogP contribution in [0.5, 0.6) is 0 Å². The van der Waals surface area contributed by atoms with Crippen LogP contribution in [0, 0.1) is 0 Å². The minimum absolute atomic E-state index is 0.0594. The van der Waals surface area contributed by atoms with E-state index in [-0.39, 0.29) is 11.9 Å². The number of hydrogen-bond donors (Lipinski definition) is 2. The van der Waals surface area contributed by atoms with Crippen LogP contribution in [-0.2, 0) is 0 Å². The average molecular weight is 471 g/mol. The Labute approximate surface area is 185 Å². The Kier molecular flexibility index (Phi) is 6.57. The van der Waals surface area contributed by atoms with Gasteiger partial charge in [-0.25, -0.2) is 4.79 Å². The number of nitrogens with one attached hydrogen (secondary N) is 2. The second-order valence-electron chi connectivity index (χ2n) is 7.87. The fourth-order valence-electron chi connectivity index (χ4n) is 4.15. The van der Waals surface area contributed by atoms with Crippen LogP contribution < -0.4 is 15.5 Å². The maximum absolute atomic E-state index is 13.2. The predicted octanol–water partition coefficient (Wildman–Crippen LogP) is 5.32. The molecule has 6 nitrogen and oxygen atoms in total. The summed E-state index contributed by atoms with van der Waals surface area (Å²) in [7, 11) is 0. The zero-order valence-electron chi connectivity index (χ0n) is 17.0. The van der Waals surface area contributed by atoms with E-state index < -0.39 is 0 Å². The zero-order valence-corrected chi connectivity index (χ0v) is 18.6. The SMILES string of the molecule is O=C(Nc1cccc(Br)c1)Nc1ccc(N2CCCCC2)c(C(=O)N2CCCC2)c1. The Hall–Kier alpha value is -2.54. The number of anilines is 3. The lowest BCUT2D eigenvalue weighted by Crippen LogP contribution is -2.34. The van der Waals surface area contributed by atoms with Crippen LogP contribution in [0.3, 0.4) is 0 Å². The number of piperidine rings is 1. The minimum Gasteiger partial charge on any atom is -0.371 e. The summed E-state index contributed by atoms with van der Waals surface area (Å²) in [5, 5.41) is 5.70. The minimum atomic E-state index is -0.335. The van der Waals surface area contributed by atoms with Gasteiger partial charge in [0, 0.05) is 47.7 Å². The molecule has 2 fully saturated rings. The van der Waals surface area contributed by atoms with Gasteiger partial charge in [-0.1, -0.05) is 22.0 Å². The molecular formula is C23H27BrN4O2. The number of carbonyl (C=O) groups excluding carboxylic acids is 2. The average Bonchev–Trinajstić information content (AvgIpc) is 3.29. The van der Waals surface area contributed by atoms with E-state index in [1.54, 1.807) is 0 Å². The molecule has 2 heterocycles. The van der Waals surface area contributed by atoms with E-state index in [1.165, 1.54) is 6.42 Å². The highest BCUT2D eigenvalue weighted by Crippen LogP contribution is 2.29. The Balaban J connectivity index is 1.55. The number of rotatable bonds is 4. The molecule has 0 aliphatic carbocycles. The summed E-state index contributed by atoms with van der Waals surface area (Å²) in [6.45, 7) is 3.55. The molecule has 0 bridgehead atoms. The van der Waals surface area contributed by atoms with Gasteiger partial charge in [-0.2, -0.15) is 0 Å². The summed E-state index contributed by atoms with van der Waals surface area (Å²) in [4.78, 5) is 29.9. The molecule has 0 atom stereocenters. The van der Waals surface area contributed by atoms with Crippen molar-refractivity contribution in [3.05, 3.63) is 52.5 Å². The van der Waals surface area contributed by atoms with Gasteiger partial charge in [-0.3, -0.25) is 4.79 Å². The van der Waals surface area contributed by atoms with Crippen molar-refractivity contribution in [2.24, 2.45) is 0 Å². The van der Waals surface area contributed by atoms with Crippen molar-refractivity contribution in [1.82, 2.24) is 4.90 Å². The van der Waals surface area contributed by atoms with Gasteiger partial charge in [0.15, 0.2) is 0 Å². The number of hydrogen-bond acceptors (Lipinski definition) is 3. The molecule has 2 aliphatic heterocycles. The maximum atomic E-state index is 13.2. The summed E-state index contributed by atoms with van der Waals surface area (Å²) >= 11 is 3.40. The van der Waals surface area contributed by atoms with Crippen molar-refractivity contribution in [2.45, 2.75) is 32.1 Å². The van der Waals surface area contributed by atoms with Crippen LogP contribution in [-0.4, -0.2) is 43.0 Å². The molecule has 30 heavy (non-hydrogen) atoms. The molecule has 2 saturated heterocycles. The van der Waals surface area contributed by atoms with Crippen LogP contribution in [0.1, 0.15) is 42.5 Å². The lowest BCUT2D eigenvalue weighted by Gasteiger charge is -2.31. The van der Waals surface area contributed by atoms with Crippen LogP contribution in [0.15, 0.2) is 46.9 Å². The molecule has 2 aromatic rings. The molecule has 4 rings (SSSR count). The van der Waals surface area contributed by atoms with E-state index >= 15 is 0 Å². The normalized spacial score (nSPS) is 16.4. The molecule has 0 aromatic heterocycles. The highest BCUT2D eigenvalue weighted by molar-refractivity contribution is 9.10. The van der Waals surface area contributed by atoms with Gasteiger partial charge in [0.1, 0.15) is 0 Å². The first-order valence-corrected chi connectivity index (χ1v) is 11.4. The first-order chi connectivity index (χ1) is 14.6. The van der Waals surface area contributed by atoms with Crippen LogP contribution in [0.25, 0.3) is 0 Å². The summed E-state index contributed by atoms with van der Waals surface area (Å²) in [5.74, 6) is 0.0594. The van der Waals surface area contributed by atoms with Gasteiger partial charge >= 0.3 is 6.03 Å². The topological polar surface area (TPSA) is 64.7 Å². The molecule has 0 radical (unpaired) electrons. The Bertz CT molecular complexity index is 921. The molecule has 2 N–H and O–H groups in total. The van der Waals surface area contributed by atoms with Crippen molar-refractivity contribution in [3.8, 4) is 0 Å². The predicted molar refractivity (Wildman–Crippen MR) is 124 cm³/mol. The van der Waals surface area contributed by atoms with E-state index in [9.17, 15) is 9.59 Å². The van der Waals surface area contributed by atoms with E-state index in [0.717, 1.165) is 62.0 Å². The van der Waals surface area contributed by atoms with Crippen molar-refractivity contribution in [1.29, 1.82) is 0 Å². The van der Waals surface area contributed by atoms with Gasteiger partial charge in [0.05, 0.1) is 5.56 Å². The van der Waals surface area contributed by atoms with Crippen molar-refractivity contribution in [2.75, 3.05) is 41.7 Å². The Morgan fingerprint density at radius 1 is 0.800 bits per heavy atom. The fraction of sp³-hybridized carbons (Fsp3) is 0.391. The molecule has 2 aliphatic rings. The third kappa shape index (κ3) is 4.95. The molecule has 7 heteroatoms. The number of urea groups is 1. The van der Waals surface area contributed by atoms with E-state index in [0.29, 0.717) is 16.9 Å². The summed E-state index contributed by atoms with van der Waals surface area (Å²) in [5.41, 5.74) is 2.97. The highest BCUT2D eigenvalue weighted by atomic mass is 79.9. The molecular weight excluding hydrogens is 444 g/mol. The maximum Gasteiger partial charge on any atom is 0.323 e. The standard InChI is InChI=1S/C23H27BrN4O2/c24-17-7-6-8-18(15-17)25-23(30)26-19-9-10-21(27-11-2-1-3-12-27)20(16-19)22(29)28-13-4-5-14-28/h6-10,15-16H,1-5,11-14H2,(H2,25,26,30). The first-order valence-electron chi connectivity index (χ1n) is 10.6. The lowest BCUT2D eigenvalue weighted by molar-refractivity contribution is 0.0793. The fourth-order valence-corrected chi connectivity index (χ4v) is 4.55. The van der Waals surface area contributed by atoms with E-state index in [4.69, 9.17) is 0 Å². The lowest BCUT2D eigenvalue weighted by atomic mass is 10.1. The third-order valence-electron chi connectivity index (χ3n) is 5.66. The Morgan fingerprint density at radius 3 is 2.17 bits per heavy atom. The van der Waals surface area contributed by atoms with Gasteiger partial charge in [0.2, 0.25) is 0 Å². The van der Waals surface area contributed by atoms with Crippen LogP contribution >= 0.6 is 15.9 Å². The molecule has 2 aromatic carbocycles. The summed E-state index contributed by atoms with van der Waals surface area (Å²) in [6.07, 6.45) is 5.63. The smallest absolute Gasteiger partial charge is 0.323 e. The number of likely N-dealkylation sites (tertiary alicyclic amines) is 1. The summed E-state index contributed by atoms with van der Waals surface area (Å²) < 4.78 is 0.893. The quantitative estimate of drug-likeness (QED) is 0.635. The van der Waals surface area contributed by atoms with E-state index in [1.807, 2.05) is 47.4 Å². The van der Waals surface area contributed by atoms with Crippen molar-refractivity contribution >= 4 is 44.9 Å². The van der Waals surface area contributed by atoms with Gasteiger partial charge in [-0.15, -0.1) is 0 Å². The molecule has 0 saturated carbocycles.